The summed E-state index contributed by atoms with van der Waals surface area (Å²) in [6.07, 6.45) is 0. The highest BCUT2D eigenvalue weighted by Gasteiger charge is 2.25. The van der Waals surface area contributed by atoms with E-state index in [1.165, 1.54) is 0 Å². The summed E-state index contributed by atoms with van der Waals surface area (Å²) in [6.45, 7) is 3.75. The smallest absolute Gasteiger partial charge is 0.0772 e. The van der Waals surface area contributed by atoms with E-state index in [-0.39, 0.29) is 0 Å². The van der Waals surface area contributed by atoms with Gasteiger partial charge in [0.2, 0.25) is 0 Å². The molecule has 0 bridgehead atoms. The van der Waals surface area contributed by atoms with Crippen LogP contribution in [0.3, 0.4) is 0 Å². The second-order valence-corrected chi connectivity index (χ2v) is 5.43. The fraction of sp³-hybridized carbons (Fsp3) is 0.188. The van der Waals surface area contributed by atoms with Crippen LogP contribution in [0.1, 0.15) is 19.4 Å². The Labute approximate surface area is 118 Å². The molecule has 0 spiro atoms. The number of hydrogen-bond acceptors (Lipinski definition) is 2. The van der Waals surface area contributed by atoms with Crippen molar-refractivity contribution in [2.24, 2.45) is 0 Å². The minimum Gasteiger partial charge on any atom is -0.398 e. The third-order valence-corrected chi connectivity index (χ3v) is 3.50. The van der Waals surface area contributed by atoms with Crippen molar-refractivity contribution in [1.82, 2.24) is 0 Å². The molecule has 0 fully saturated rings. The van der Waals surface area contributed by atoms with Crippen molar-refractivity contribution in [2.45, 2.75) is 19.3 Å². The summed E-state index contributed by atoms with van der Waals surface area (Å²) in [6, 6.07) is 15.8. The SMILES string of the molecule is CC(C)(C#N)c1cc(Cl)c(N)cc1-c1ccccc1. The van der Waals surface area contributed by atoms with Gasteiger partial charge in [-0.15, -0.1) is 0 Å². The number of benzene rings is 2. The molecule has 0 amide bonds. The average molecular weight is 271 g/mol. The van der Waals surface area contributed by atoms with Gasteiger partial charge < -0.3 is 5.73 Å². The molecule has 0 unspecified atom stereocenters. The van der Waals surface area contributed by atoms with Gasteiger partial charge in [0, 0.05) is 0 Å². The van der Waals surface area contributed by atoms with Crippen molar-refractivity contribution >= 4 is 17.3 Å². The van der Waals surface area contributed by atoms with Crippen LogP contribution in [0.15, 0.2) is 42.5 Å². The molecule has 0 aliphatic heterocycles. The fourth-order valence-corrected chi connectivity index (χ4v) is 2.19. The van der Waals surface area contributed by atoms with Gasteiger partial charge in [-0.2, -0.15) is 5.26 Å². The van der Waals surface area contributed by atoms with Crippen molar-refractivity contribution < 1.29 is 0 Å². The third kappa shape index (κ3) is 2.57. The summed E-state index contributed by atoms with van der Waals surface area (Å²) in [5.74, 6) is 0. The number of anilines is 1. The van der Waals surface area contributed by atoms with Crippen molar-refractivity contribution in [3.63, 3.8) is 0 Å². The first kappa shape index (κ1) is 13.5. The quantitative estimate of drug-likeness (QED) is 0.823. The van der Waals surface area contributed by atoms with Gasteiger partial charge in [-0.05, 0) is 42.7 Å². The van der Waals surface area contributed by atoms with Crippen molar-refractivity contribution in [1.29, 1.82) is 5.26 Å². The molecule has 0 atom stereocenters. The molecule has 3 heteroatoms. The largest absolute Gasteiger partial charge is 0.398 e. The zero-order valence-electron chi connectivity index (χ0n) is 10.9. The van der Waals surface area contributed by atoms with Crippen molar-refractivity contribution in [2.75, 3.05) is 5.73 Å². The Morgan fingerprint density at radius 2 is 1.79 bits per heavy atom. The monoisotopic (exact) mass is 270 g/mol. The Morgan fingerprint density at radius 3 is 2.37 bits per heavy atom. The van der Waals surface area contributed by atoms with Crippen LogP contribution in [0.2, 0.25) is 5.02 Å². The molecular weight excluding hydrogens is 256 g/mol. The highest BCUT2D eigenvalue weighted by molar-refractivity contribution is 6.33. The molecule has 0 aliphatic rings. The van der Waals surface area contributed by atoms with Crippen LogP contribution in [0, 0.1) is 11.3 Å². The Balaban J connectivity index is 2.74. The minimum absolute atomic E-state index is 0.484. The molecule has 0 saturated heterocycles. The van der Waals surface area contributed by atoms with Crippen LogP contribution in [0.4, 0.5) is 5.69 Å². The van der Waals surface area contributed by atoms with E-state index in [0.29, 0.717) is 10.7 Å². The van der Waals surface area contributed by atoms with E-state index in [4.69, 9.17) is 17.3 Å². The molecule has 2 N–H and O–H groups in total. The Morgan fingerprint density at radius 1 is 1.16 bits per heavy atom. The van der Waals surface area contributed by atoms with Gasteiger partial charge in [0.25, 0.3) is 0 Å². The lowest BCUT2D eigenvalue weighted by atomic mass is 9.81. The minimum atomic E-state index is -0.623. The lowest BCUT2D eigenvalue weighted by molar-refractivity contribution is 0.689. The van der Waals surface area contributed by atoms with Crippen LogP contribution >= 0.6 is 11.6 Å². The summed E-state index contributed by atoms with van der Waals surface area (Å²) in [4.78, 5) is 0. The summed E-state index contributed by atoms with van der Waals surface area (Å²) < 4.78 is 0. The predicted molar refractivity (Wildman–Crippen MR) is 79.9 cm³/mol. The Bertz CT molecular complexity index is 640. The van der Waals surface area contributed by atoms with Crippen LogP contribution in [0.5, 0.6) is 0 Å². The van der Waals surface area contributed by atoms with Crippen LogP contribution in [-0.2, 0) is 5.41 Å². The van der Waals surface area contributed by atoms with E-state index in [2.05, 4.69) is 6.07 Å². The van der Waals surface area contributed by atoms with Gasteiger partial charge in [0.1, 0.15) is 0 Å². The van der Waals surface area contributed by atoms with Gasteiger partial charge in [-0.1, -0.05) is 41.9 Å². The summed E-state index contributed by atoms with van der Waals surface area (Å²) in [7, 11) is 0. The number of nitriles is 1. The molecule has 2 aromatic rings. The number of nitrogens with zero attached hydrogens (tertiary/aromatic N) is 1. The molecule has 0 radical (unpaired) electrons. The maximum Gasteiger partial charge on any atom is 0.0772 e. The topological polar surface area (TPSA) is 49.8 Å². The molecule has 2 aromatic carbocycles. The lowest BCUT2D eigenvalue weighted by Crippen LogP contribution is -2.15. The van der Waals surface area contributed by atoms with Gasteiger partial charge >= 0.3 is 0 Å². The van der Waals surface area contributed by atoms with E-state index >= 15 is 0 Å². The number of nitrogen functional groups attached to an aromatic ring is 1. The molecular formula is C16H15ClN2. The number of nitrogens with two attached hydrogens (primary N) is 1. The highest BCUT2D eigenvalue weighted by atomic mass is 35.5. The van der Waals surface area contributed by atoms with Crippen molar-refractivity contribution in [3.05, 3.63) is 53.1 Å². The van der Waals surface area contributed by atoms with Gasteiger partial charge in [-0.3, -0.25) is 0 Å². The predicted octanol–water partition coefficient (Wildman–Crippen LogP) is 4.39. The van der Waals surface area contributed by atoms with E-state index in [9.17, 15) is 5.26 Å². The lowest BCUT2D eigenvalue weighted by Gasteiger charge is -2.21. The van der Waals surface area contributed by atoms with Crippen LogP contribution in [-0.4, -0.2) is 0 Å². The summed E-state index contributed by atoms with van der Waals surface area (Å²) in [5.41, 5.74) is 8.67. The second-order valence-electron chi connectivity index (χ2n) is 5.02. The molecule has 0 aliphatic carbocycles. The van der Waals surface area contributed by atoms with E-state index in [0.717, 1.165) is 16.7 Å². The zero-order valence-corrected chi connectivity index (χ0v) is 11.7. The maximum absolute atomic E-state index is 9.35. The molecule has 2 nitrogen and oxygen atoms in total. The first-order valence-corrected chi connectivity index (χ1v) is 6.39. The van der Waals surface area contributed by atoms with Crippen molar-refractivity contribution in [3.8, 4) is 17.2 Å². The Kier molecular flexibility index (Phi) is 3.50. The molecule has 0 heterocycles. The summed E-state index contributed by atoms with van der Waals surface area (Å²) in [5, 5.41) is 9.84. The van der Waals surface area contributed by atoms with Gasteiger partial charge in [0.15, 0.2) is 0 Å². The molecule has 96 valence electrons. The average Bonchev–Trinajstić information content (AvgIpc) is 2.42. The Hall–Kier alpha value is -1.98. The number of rotatable bonds is 2. The first-order valence-electron chi connectivity index (χ1n) is 6.02. The molecule has 19 heavy (non-hydrogen) atoms. The number of halogens is 1. The fourth-order valence-electron chi connectivity index (χ4n) is 2.02. The molecule has 0 saturated carbocycles. The maximum atomic E-state index is 9.35. The van der Waals surface area contributed by atoms with E-state index in [1.54, 1.807) is 6.07 Å². The first-order chi connectivity index (χ1) is 8.95. The van der Waals surface area contributed by atoms with E-state index < -0.39 is 5.41 Å². The highest BCUT2D eigenvalue weighted by Crippen LogP contribution is 2.37. The summed E-state index contributed by atoms with van der Waals surface area (Å²) >= 11 is 6.10. The van der Waals surface area contributed by atoms with E-state index in [1.807, 2.05) is 50.2 Å². The number of hydrogen-bond donors (Lipinski definition) is 1. The normalized spacial score (nSPS) is 11.1. The second kappa shape index (κ2) is 4.95. The third-order valence-electron chi connectivity index (χ3n) is 3.17. The molecule has 0 aromatic heterocycles. The molecule has 2 rings (SSSR count). The van der Waals surface area contributed by atoms with Crippen LogP contribution < -0.4 is 5.73 Å². The van der Waals surface area contributed by atoms with Gasteiger partial charge in [0.05, 0.1) is 22.2 Å². The standard InChI is InChI=1S/C16H15ClN2/c1-16(2,10-18)13-9-14(17)15(19)8-12(13)11-6-4-3-5-7-11/h3-9H,19H2,1-2H3. The zero-order chi connectivity index (χ0) is 14.0. The van der Waals surface area contributed by atoms with Crippen LogP contribution in [0.25, 0.3) is 11.1 Å². The van der Waals surface area contributed by atoms with Gasteiger partial charge in [-0.25, -0.2) is 0 Å².